The lowest BCUT2D eigenvalue weighted by Crippen LogP contribution is -2.40. The van der Waals surface area contributed by atoms with Crippen molar-refractivity contribution in [1.82, 2.24) is 15.1 Å². The molecule has 0 saturated carbocycles. The third-order valence-electron chi connectivity index (χ3n) is 5.85. The second-order valence-corrected chi connectivity index (χ2v) is 7.81. The van der Waals surface area contributed by atoms with Crippen LogP contribution in [0.4, 0.5) is 8.78 Å². The zero-order valence-electron chi connectivity index (χ0n) is 16.7. The van der Waals surface area contributed by atoms with Crippen LogP contribution in [0.15, 0.2) is 48.5 Å². The molecule has 1 unspecified atom stereocenters. The first-order chi connectivity index (χ1) is 14.4. The van der Waals surface area contributed by atoms with Gasteiger partial charge >= 0.3 is 0 Å². The number of hydrogen-bond acceptors (Lipinski definition) is 3. The molecule has 0 radical (unpaired) electrons. The zero-order chi connectivity index (χ0) is 21.3. The number of fused-ring (bicyclic) bond motifs is 1. The van der Waals surface area contributed by atoms with E-state index in [9.17, 15) is 13.6 Å². The van der Waals surface area contributed by atoms with Crippen molar-refractivity contribution in [2.75, 3.05) is 6.54 Å². The highest BCUT2D eigenvalue weighted by atomic mass is 19.1. The minimum absolute atomic E-state index is 0.0200. The molecule has 5 nitrogen and oxygen atoms in total. The summed E-state index contributed by atoms with van der Waals surface area (Å²) in [7, 11) is 0. The highest BCUT2D eigenvalue weighted by Crippen LogP contribution is 2.29. The fourth-order valence-electron chi connectivity index (χ4n) is 3.88. The maximum atomic E-state index is 13.3. The first-order valence-electron chi connectivity index (χ1n) is 10.0. The van der Waals surface area contributed by atoms with E-state index in [1.165, 1.54) is 24.3 Å². The Balaban J connectivity index is 1.45. The summed E-state index contributed by atoms with van der Waals surface area (Å²) in [6.07, 6.45) is 0.885. The van der Waals surface area contributed by atoms with Crippen molar-refractivity contribution in [2.45, 2.75) is 38.3 Å². The van der Waals surface area contributed by atoms with E-state index in [1.807, 2.05) is 6.92 Å². The molecule has 1 aliphatic heterocycles. The van der Waals surface area contributed by atoms with Crippen LogP contribution >= 0.6 is 0 Å². The average molecular weight is 410 g/mol. The van der Waals surface area contributed by atoms with Crippen LogP contribution in [-0.2, 0) is 17.8 Å². The van der Waals surface area contributed by atoms with Crippen LogP contribution in [0.25, 0.3) is 11.3 Å². The number of H-pyrrole nitrogens is 1. The molecule has 0 fully saturated rings. The largest absolute Gasteiger partial charge is 0.338 e. The molecule has 0 saturated heterocycles. The molecule has 1 aromatic heterocycles. The summed E-state index contributed by atoms with van der Waals surface area (Å²) < 4.78 is 26.4. The normalized spacial score (nSPS) is 15.5. The summed E-state index contributed by atoms with van der Waals surface area (Å²) in [6.45, 7) is 2.98. The molecule has 156 valence electrons. The summed E-state index contributed by atoms with van der Waals surface area (Å²) in [6, 6.07) is 12.0. The minimum atomic E-state index is -0.370. The fraction of sp³-hybridized carbons (Fsp3) is 0.304. The summed E-state index contributed by atoms with van der Waals surface area (Å²) in [5.41, 5.74) is 10.7. The number of carbonyl (C=O) groups excluding carboxylic acids is 1. The molecular weight excluding hydrogens is 386 g/mol. The summed E-state index contributed by atoms with van der Waals surface area (Å²) in [4.78, 5) is 14.7. The number of benzene rings is 2. The van der Waals surface area contributed by atoms with Gasteiger partial charge in [0.25, 0.3) is 0 Å². The van der Waals surface area contributed by atoms with Gasteiger partial charge in [-0.3, -0.25) is 9.89 Å². The van der Waals surface area contributed by atoms with Crippen LogP contribution < -0.4 is 5.73 Å². The van der Waals surface area contributed by atoms with Crippen LogP contribution in [0.5, 0.6) is 0 Å². The van der Waals surface area contributed by atoms with Gasteiger partial charge in [-0.2, -0.15) is 5.10 Å². The van der Waals surface area contributed by atoms with E-state index < -0.39 is 0 Å². The van der Waals surface area contributed by atoms with Crippen LogP contribution in [0.1, 0.15) is 36.1 Å². The van der Waals surface area contributed by atoms with E-state index >= 15 is 0 Å². The smallest absolute Gasteiger partial charge is 0.224 e. The number of nitrogens with two attached hydrogens (primary N) is 1. The van der Waals surface area contributed by atoms with Crippen molar-refractivity contribution in [2.24, 2.45) is 5.73 Å². The van der Waals surface area contributed by atoms with Gasteiger partial charge in [-0.25, -0.2) is 8.78 Å². The molecule has 3 N–H and O–H groups in total. The minimum Gasteiger partial charge on any atom is -0.338 e. The number of hydrogen-bond donors (Lipinski definition) is 2. The van der Waals surface area contributed by atoms with Crippen molar-refractivity contribution >= 4 is 5.91 Å². The molecule has 1 amide bonds. The maximum absolute atomic E-state index is 13.3. The number of amides is 1. The Kier molecular flexibility index (Phi) is 5.63. The van der Waals surface area contributed by atoms with Crippen molar-refractivity contribution in [3.8, 4) is 11.3 Å². The van der Waals surface area contributed by atoms with E-state index in [0.717, 1.165) is 28.1 Å². The van der Waals surface area contributed by atoms with E-state index in [-0.39, 0.29) is 35.9 Å². The van der Waals surface area contributed by atoms with E-state index in [4.69, 9.17) is 5.73 Å². The third kappa shape index (κ3) is 4.11. The second kappa shape index (κ2) is 8.36. The van der Waals surface area contributed by atoms with Crippen molar-refractivity contribution in [3.63, 3.8) is 0 Å². The van der Waals surface area contributed by atoms with Crippen LogP contribution in [0.2, 0.25) is 0 Å². The molecule has 0 aliphatic carbocycles. The summed E-state index contributed by atoms with van der Waals surface area (Å²) in [5, 5.41) is 7.43. The van der Waals surface area contributed by atoms with E-state index in [2.05, 4.69) is 10.2 Å². The predicted molar refractivity (Wildman–Crippen MR) is 111 cm³/mol. The van der Waals surface area contributed by atoms with Crippen LogP contribution in [0.3, 0.4) is 0 Å². The Morgan fingerprint density at radius 3 is 2.43 bits per heavy atom. The number of nitrogens with zero attached hydrogens (tertiary/aromatic N) is 2. The highest BCUT2D eigenvalue weighted by Gasteiger charge is 2.28. The monoisotopic (exact) mass is 410 g/mol. The van der Waals surface area contributed by atoms with Gasteiger partial charge in [0.15, 0.2) is 0 Å². The van der Waals surface area contributed by atoms with Gasteiger partial charge in [0.2, 0.25) is 5.91 Å². The van der Waals surface area contributed by atoms with Crippen molar-refractivity contribution in [1.29, 1.82) is 0 Å². The predicted octanol–water partition coefficient (Wildman–Crippen LogP) is 3.76. The number of aromatic amines is 1. The topological polar surface area (TPSA) is 75.0 Å². The standard InChI is InChI=1S/C23H24F2N4O/c1-14(15-2-6-17(24)7-3-15)20(26)12-22(30)29-11-10-21-19(13-29)23(28-27-21)16-4-8-18(25)9-5-16/h2-9,14,20H,10-13,26H2,1H3,(H,27,28)/t14-,20?/m1/s1. The molecule has 1 aliphatic rings. The second-order valence-electron chi connectivity index (χ2n) is 7.81. The Morgan fingerprint density at radius 1 is 1.13 bits per heavy atom. The zero-order valence-corrected chi connectivity index (χ0v) is 16.7. The molecule has 2 atom stereocenters. The number of rotatable bonds is 5. The van der Waals surface area contributed by atoms with Gasteiger partial charge in [-0.15, -0.1) is 0 Å². The van der Waals surface area contributed by atoms with Crippen LogP contribution in [0, 0.1) is 11.6 Å². The maximum Gasteiger partial charge on any atom is 0.224 e. The lowest BCUT2D eigenvalue weighted by molar-refractivity contribution is -0.132. The number of aromatic nitrogens is 2. The van der Waals surface area contributed by atoms with Crippen LogP contribution in [-0.4, -0.2) is 33.6 Å². The summed E-state index contributed by atoms with van der Waals surface area (Å²) >= 11 is 0. The molecule has 4 rings (SSSR count). The van der Waals surface area contributed by atoms with E-state index in [1.54, 1.807) is 29.2 Å². The number of nitrogens with one attached hydrogen (secondary N) is 1. The van der Waals surface area contributed by atoms with Gasteiger partial charge < -0.3 is 10.6 Å². The molecule has 7 heteroatoms. The quantitative estimate of drug-likeness (QED) is 0.673. The Labute approximate surface area is 173 Å². The average Bonchev–Trinajstić information content (AvgIpc) is 3.17. The SMILES string of the molecule is C[C@H](c1ccc(F)cc1)C(N)CC(=O)N1CCc2[nH]nc(-c3ccc(F)cc3)c2C1. The van der Waals surface area contributed by atoms with Gasteiger partial charge in [-0.05, 0) is 47.9 Å². The Hall–Kier alpha value is -3.06. The number of halogens is 2. The molecule has 2 aromatic carbocycles. The molecule has 2 heterocycles. The molecule has 30 heavy (non-hydrogen) atoms. The number of carbonyl (C=O) groups is 1. The van der Waals surface area contributed by atoms with Crippen molar-refractivity contribution < 1.29 is 13.6 Å². The lowest BCUT2D eigenvalue weighted by Gasteiger charge is -2.29. The first-order valence-corrected chi connectivity index (χ1v) is 10.0. The van der Waals surface area contributed by atoms with Crippen molar-refractivity contribution in [3.05, 3.63) is 77.0 Å². The van der Waals surface area contributed by atoms with Gasteiger partial charge in [0.05, 0.1) is 5.69 Å². The molecular formula is C23H24F2N4O. The molecule has 0 bridgehead atoms. The molecule has 0 spiro atoms. The molecule has 3 aromatic rings. The first kappa shape index (κ1) is 20.2. The van der Waals surface area contributed by atoms with Gasteiger partial charge in [-0.1, -0.05) is 19.1 Å². The van der Waals surface area contributed by atoms with E-state index in [0.29, 0.717) is 19.5 Å². The Bertz CT molecular complexity index is 1030. The third-order valence-corrected chi connectivity index (χ3v) is 5.85. The van der Waals surface area contributed by atoms with Gasteiger partial charge in [0, 0.05) is 48.8 Å². The fourth-order valence-corrected chi connectivity index (χ4v) is 3.88. The lowest BCUT2D eigenvalue weighted by atomic mass is 9.91. The van der Waals surface area contributed by atoms with Gasteiger partial charge in [0.1, 0.15) is 11.6 Å². The Morgan fingerprint density at radius 2 is 1.77 bits per heavy atom. The summed E-state index contributed by atoms with van der Waals surface area (Å²) in [5.74, 6) is -0.687. The highest BCUT2D eigenvalue weighted by molar-refractivity contribution is 5.78.